The Labute approximate surface area is 95.1 Å². The van der Waals surface area contributed by atoms with E-state index in [1.165, 1.54) is 0 Å². The molecule has 0 saturated heterocycles. The topological polar surface area (TPSA) is 19.0 Å². The van der Waals surface area contributed by atoms with E-state index < -0.39 is 7.94 Å². The summed E-state index contributed by atoms with van der Waals surface area (Å²) >= 11 is 0. The Morgan fingerprint density at radius 1 is 0.933 bits per heavy atom. The van der Waals surface area contributed by atoms with Crippen LogP contribution < -0.4 is 0 Å². The third-order valence-corrected chi connectivity index (χ3v) is 5.76. The van der Waals surface area contributed by atoms with Crippen LogP contribution in [0.3, 0.4) is 0 Å². The first-order valence-electron chi connectivity index (χ1n) is 5.07. The lowest BCUT2D eigenvalue weighted by molar-refractivity contribution is 0.264. The second kappa shape index (κ2) is 6.56. The van der Waals surface area contributed by atoms with Crippen LogP contribution in [-0.2, 0) is 4.52 Å². The van der Waals surface area contributed by atoms with Gasteiger partial charge in [0.05, 0.1) is 0 Å². The molecule has 0 amide bonds. The van der Waals surface area contributed by atoms with Crippen LogP contribution in [0.5, 0.6) is 0 Å². The van der Waals surface area contributed by atoms with Gasteiger partial charge in [0.15, 0.2) is 0 Å². The van der Waals surface area contributed by atoms with Crippen molar-refractivity contribution in [1.29, 1.82) is 0 Å². The molecule has 0 aliphatic rings. The first kappa shape index (κ1) is 15.0. The number of hydrogen-bond acceptors (Lipinski definition) is 4. The number of rotatable bonds is 6. The van der Waals surface area contributed by atoms with Crippen molar-refractivity contribution in [2.45, 2.75) is 6.92 Å². The zero-order chi connectivity index (χ0) is 12.1. The van der Waals surface area contributed by atoms with Crippen molar-refractivity contribution in [3.63, 3.8) is 0 Å². The van der Waals surface area contributed by atoms with E-state index in [-0.39, 0.29) is 0 Å². The second-order valence-electron chi connectivity index (χ2n) is 3.92. The molecule has 0 saturated carbocycles. The number of allylic oxidation sites excluding steroid dienone is 1. The Kier molecular flexibility index (Phi) is 6.57. The third-order valence-electron chi connectivity index (χ3n) is 2.14. The van der Waals surface area contributed by atoms with Gasteiger partial charge in [0.1, 0.15) is 6.61 Å². The monoisotopic (exact) mass is 234 g/mol. The average Bonchev–Trinajstić information content (AvgIpc) is 2.10. The van der Waals surface area contributed by atoms with E-state index in [9.17, 15) is 0 Å². The van der Waals surface area contributed by atoms with Crippen molar-refractivity contribution in [3.8, 4) is 0 Å². The van der Waals surface area contributed by atoms with Gasteiger partial charge in [-0.2, -0.15) is 4.52 Å². The van der Waals surface area contributed by atoms with Gasteiger partial charge in [0, 0.05) is 42.3 Å². The predicted molar refractivity (Wildman–Crippen MR) is 68.7 cm³/mol. The summed E-state index contributed by atoms with van der Waals surface area (Å²) in [5.74, 6) is 0. The molecule has 0 aromatic carbocycles. The largest absolute Gasteiger partial charge is 0.369 e. The van der Waals surface area contributed by atoms with E-state index in [2.05, 4.69) is 56.3 Å². The maximum Gasteiger partial charge on any atom is 0.369 e. The maximum atomic E-state index is 6.06. The lowest BCUT2D eigenvalue weighted by Gasteiger charge is -2.36. The third kappa shape index (κ3) is 3.51. The molecule has 15 heavy (non-hydrogen) atoms. The summed E-state index contributed by atoms with van der Waals surface area (Å²) in [4.78, 5) is 0. The Morgan fingerprint density at radius 2 is 1.33 bits per heavy atom. The minimum atomic E-state index is -1.79. The van der Waals surface area contributed by atoms with Crippen LogP contribution in [0.25, 0.3) is 0 Å². The zero-order valence-electron chi connectivity index (χ0n) is 11.1. The molecule has 0 spiro atoms. The van der Waals surface area contributed by atoms with Crippen LogP contribution >= 0.6 is 7.94 Å². The first-order chi connectivity index (χ1) is 6.89. The molecule has 90 valence electrons. The van der Waals surface area contributed by atoms with Crippen LogP contribution in [0.4, 0.5) is 0 Å². The highest BCUT2D eigenvalue weighted by Crippen LogP contribution is 2.64. The van der Waals surface area contributed by atoms with Crippen molar-refractivity contribution in [2.75, 3.05) is 48.9 Å². The van der Waals surface area contributed by atoms with Gasteiger partial charge in [0.2, 0.25) is 0 Å². The van der Waals surface area contributed by atoms with Crippen molar-refractivity contribution in [3.05, 3.63) is 12.2 Å². The van der Waals surface area contributed by atoms with Gasteiger partial charge < -0.3 is 0 Å². The molecule has 0 aliphatic carbocycles. The summed E-state index contributed by atoms with van der Waals surface area (Å²) in [5, 5.41) is 0. The number of hydrogen-bond donors (Lipinski definition) is 0. The molecule has 4 nitrogen and oxygen atoms in total. The van der Waals surface area contributed by atoms with Gasteiger partial charge >= 0.3 is 7.94 Å². The fourth-order valence-electron chi connectivity index (χ4n) is 1.66. The molecule has 0 atom stereocenters. The van der Waals surface area contributed by atoms with Gasteiger partial charge in [-0.05, 0) is 6.92 Å². The molecule has 5 heteroatoms. The molecule has 0 rings (SSSR count). The smallest absolute Gasteiger partial charge is 0.177 e. The van der Waals surface area contributed by atoms with Crippen molar-refractivity contribution >= 4 is 7.94 Å². The normalized spacial score (nSPS) is 13.7. The first-order valence-corrected chi connectivity index (χ1v) is 6.64. The molecule has 0 aromatic heterocycles. The lowest BCUT2D eigenvalue weighted by atomic mass is 10.6. The lowest BCUT2D eigenvalue weighted by Crippen LogP contribution is -2.37. The molecule has 0 fully saturated rings. The standard InChI is InChI=1S/C10H25N3OP/c1-8-9-10-14-15(11(2)3,12(4)5)13(6)7/h8-9H,10H2,1-7H3/q+1/b9-8+. The minimum absolute atomic E-state index is 0.652. The van der Waals surface area contributed by atoms with Gasteiger partial charge in [-0.1, -0.05) is 12.2 Å². The summed E-state index contributed by atoms with van der Waals surface area (Å²) in [5.41, 5.74) is 0. The van der Waals surface area contributed by atoms with E-state index in [4.69, 9.17) is 4.52 Å². The molecule has 0 heterocycles. The Bertz CT molecular complexity index is 183. The Hall–Kier alpha value is 0.0100. The molecule has 0 radical (unpaired) electrons. The van der Waals surface area contributed by atoms with Crippen LogP contribution in [-0.4, -0.2) is 62.9 Å². The highest BCUT2D eigenvalue weighted by atomic mass is 31.2. The maximum absolute atomic E-state index is 6.06. The molecule has 0 aliphatic heterocycles. The quantitative estimate of drug-likeness (QED) is 0.516. The summed E-state index contributed by atoms with van der Waals surface area (Å²) in [6.45, 7) is 2.66. The van der Waals surface area contributed by atoms with E-state index in [1.807, 2.05) is 19.1 Å². The fraction of sp³-hybridized carbons (Fsp3) is 0.800. The van der Waals surface area contributed by atoms with Gasteiger partial charge in [-0.25, -0.2) is 0 Å². The van der Waals surface area contributed by atoms with E-state index in [0.29, 0.717) is 6.61 Å². The molecule has 0 aromatic rings. The van der Waals surface area contributed by atoms with Crippen LogP contribution in [0.2, 0.25) is 0 Å². The van der Waals surface area contributed by atoms with Gasteiger partial charge in [0.25, 0.3) is 0 Å². The van der Waals surface area contributed by atoms with Gasteiger partial charge in [-0.15, -0.1) is 14.0 Å². The van der Waals surface area contributed by atoms with Gasteiger partial charge in [-0.3, -0.25) is 0 Å². The van der Waals surface area contributed by atoms with Crippen molar-refractivity contribution in [1.82, 2.24) is 14.0 Å². The highest BCUT2D eigenvalue weighted by molar-refractivity contribution is 7.64. The minimum Gasteiger partial charge on any atom is -0.177 e. The Balaban J connectivity index is 4.80. The second-order valence-corrected chi connectivity index (χ2v) is 7.60. The summed E-state index contributed by atoms with van der Waals surface area (Å²) < 4.78 is 12.5. The highest BCUT2D eigenvalue weighted by Gasteiger charge is 2.50. The average molecular weight is 234 g/mol. The summed E-state index contributed by atoms with van der Waals surface area (Å²) in [7, 11) is 10.6. The van der Waals surface area contributed by atoms with E-state index in [0.717, 1.165) is 0 Å². The van der Waals surface area contributed by atoms with E-state index in [1.54, 1.807) is 0 Å². The zero-order valence-corrected chi connectivity index (χ0v) is 12.0. The predicted octanol–water partition coefficient (Wildman–Crippen LogP) is 1.94. The molecular formula is C10H25N3OP+. The number of nitrogens with zero attached hydrogens (tertiary/aromatic N) is 3. The molecule has 0 unspecified atom stereocenters. The summed E-state index contributed by atoms with van der Waals surface area (Å²) in [6.07, 6.45) is 4.04. The van der Waals surface area contributed by atoms with Crippen molar-refractivity contribution < 1.29 is 4.52 Å². The molecule has 0 bridgehead atoms. The van der Waals surface area contributed by atoms with Crippen LogP contribution in [0, 0.1) is 0 Å². The molecular weight excluding hydrogens is 209 g/mol. The Morgan fingerprint density at radius 3 is 1.60 bits per heavy atom. The van der Waals surface area contributed by atoms with Crippen molar-refractivity contribution in [2.24, 2.45) is 0 Å². The summed E-state index contributed by atoms with van der Waals surface area (Å²) in [6, 6.07) is 0. The van der Waals surface area contributed by atoms with Crippen LogP contribution in [0.15, 0.2) is 12.2 Å². The molecule has 0 N–H and O–H groups in total. The fourth-order valence-corrected chi connectivity index (χ4v) is 4.78. The SMILES string of the molecule is C/C=C/CO[P+](N(C)C)(N(C)C)N(C)C. The van der Waals surface area contributed by atoms with E-state index >= 15 is 0 Å². The van der Waals surface area contributed by atoms with Crippen LogP contribution in [0.1, 0.15) is 6.92 Å².